The number of amides is 1. The van der Waals surface area contributed by atoms with Crippen molar-refractivity contribution in [2.24, 2.45) is 0 Å². The van der Waals surface area contributed by atoms with Crippen molar-refractivity contribution < 1.29 is 4.79 Å². The van der Waals surface area contributed by atoms with Gasteiger partial charge in [-0.3, -0.25) is 4.79 Å². The molecule has 0 aliphatic rings. The summed E-state index contributed by atoms with van der Waals surface area (Å²) in [5, 5.41) is 0. The molecule has 2 nitrogen and oxygen atoms in total. The van der Waals surface area contributed by atoms with Crippen molar-refractivity contribution in [1.29, 1.82) is 0 Å². The minimum absolute atomic E-state index is 0.110. The number of carbonyl (C=O) groups is 1. The molecule has 0 bridgehead atoms. The van der Waals surface area contributed by atoms with Gasteiger partial charge in [-0.25, -0.2) is 0 Å². The largest absolute Gasteiger partial charge is 0.339 e. The maximum absolute atomic E-state index is 12.1. The maximum Gasteiger partial charge on any atom is 0.254 e. The summed E-state index contributed by atoms with van der Waals surface area (Å²) in [6.45, 7) is 7.45. The van der Waals surface area contributed by atoms with Gasteiger partial charge >= 0.3 is 0 Å². The Hall–Kier alpha value is -0.830. The smallest absolute Gasteiger partial charge is 0.254 e. The molecule has 0 atom stereocenters. The first-order valence-electron chi connectivity index (χ1n) is 5.15. The fraction of sp³-hybridized carbons (Fsp3) is 0.417. The van der Waals surface area contributed by atoms with Crippen LogP contribution in [0.2, 0.25) is 0 Å². The fourth-order valence-corrected chi connectivity index (χ4v) is 1.87. The van der Waals surface area contributed by atoms with Crippen LogP contribution in [0, 0.1) is 6.92 Å². The summed E-state index contributed by atoms with van der Waals surface area (Å²) in [7, 11) is 0. The lowest BCUT2D eigenvalue weighted by Crippen LogP contribution is -2.30. The molecule has 0 fully saturated rings. The van der Waals surface area contributed by atoms with Gasteiger partial charge in [-0.05, 0) is 38.5 Å². The van der Waals surface area contributed by atoms with Crippen molar-refractivity contribution in [1.82, 2.24) is 4.90 Å². The van der Waals surface area contributed by atoms with Crippen LogP contribution in [0.1, 0.15) is 29.8 Å². The van der Waals surface area contributed by atoms with E-state index in [1.807, 2.05) is 43.9 Å². The third-order valence-corrected chi connectivity index (χ3v) is 2.97. The normalized spacial score (nSPS) is 10.1. The van der Waals surface area contributed by atoms with E-state index in [2.05, 4.69) is 15.9 Å². The van der Waals surface area contributed by atoms with Gasteiger partial charge in [0.05, 0.1) is 0 Å². The average Bonchev–Trinajstić information content (AvgIpc) is 2.23. The van der Waals surface area contributed by atoms with E-state index >= 15 is 0 Å². The van der Waals surface area contributed by atoms with E-state index < -0.39 is 0 Å². The molecule has 0 saturated heterocycles. The summed E-state index contributed by atoms with van der Waals surface area (Å²) in [4.78, 5) is 13.9. The standard InChI is InChI=1S/C12H16BrNO/c1-4-14(5-2)12(15)11-8-10(13)7-6-9(11)3/h6-8H,4-5H2,1-3H3. The molecule has 1 amide bonds. The van der Waals surface area contributed by atoms with Gasteiger partial charge in [-0.1, -0.05) is 22.0 Å². The molecule has 0 spiro atoms. The lowest BCUT2D eigenvalue weighted by Gasteiger charge is -2.19. The predicted molar refractivity (Wildman–Crippen MR) is 66.1 cm³/mol. The molecule has 0 aliphatic carbocycles. The molecule has 15 heavy (non-hydrogen) atoms. The van der Waals surface area contributed by atoms with E-state index in [9.17, 15) is 4.79 Å². The monoisotopic (exact) mass is 269 g/mol. The van der Waals surface area contributed by atoms with Crippen molar-refractivity contribution in [3.05, 3.63) is 33.8 Å². The van der Waals surface area contributed by atoms with Crippen molar-refractivity contribution in [2.45, 2.75) is 20.8 Å². The Morgan fingerprint density at radius 3 is 2.47 bits per heavy atom. The van der Waals surface area contributed by atoms with E-state index in [4.69, 9.17) is 0 Å². The van der Waals surface area contributed by atoms with Gasteiger partial charge in [0.1, 0.15) is 0 Å². The Bertz CT molecular complexity index is 359. The van der Waals surface area contributed by atoms with Crippen LogP contribution in [0.4, 0.5) is 0 Å². The summed E-state index contributed by atoms with van der Waals surface area (Å²) in [6.07, 6.45) is 0. The van der Waals surface area contributed by atoms with Crippen LogP contribution in [-0.4, -0.2) is 23.9 Å². The number of halogens is 1. The van der Waals surface area contributed by atoms with Gasteiger partial charge in [0, 0.05) is 23.1 Å². The number of hydrogen-bond donors (Lipinski definition) is 0. The zero-order valence-electron chi connectivity index (χ0n) is 9.38. The highest BCUT2D eigenvalue weighted by Gasteiger charge is 2.14. The van der Waals surface area contributed by atoms with Crippen LogP contribution in [-0.2, 0) is 0 Å². The Morgan fingerprint density at radius 1 is 1.33 bits per heavy atom. The number of nitrogens with zero attached hydrogens (tertiary/aromatic N) is 1. The first kappa shape index (κ1) is 12.2. The van der Waals surface area contributed by atoms with E-state index in [0.717, 1.165) is 28.7 Å². The Balaban J connectivity index is 3.04. The topological polar surface area (TPSA) is 20.3 Å². The summed E-state index contributed by atoms with van der Waals surface area (Å²) in [5.74, 6) is 0.110. The highest BCUT2D eigenvalue weighted by Crippen LogP contribution is 2.17. The first-order valence-corrected chi connectivity index (χ1v) is 5.94. The quantitative estimate of drug-likeness (QED) is 0.825. The van der Waals surface area contributed by atoms with Gasteiger partial charge in [0.15, 0.2) is 0 Å². The molecule has 1 rings (SSSR count). The number of rotatable bonds is 3. The van der Waals surface area contributed by atoms with E-state index in [0.29, 0.717) is 0 Å². The Labute approximate surface area is 99.4 Å². The second-order valence-corrected chi connectivity index (χ2v) is 4.35. The zero-order chi connectivity index (χ0) is 11.4. The van der Waals surface area contributed by atoms with Crippen LogP contribution >= 0.6 is 15.9 Å². The summed E-state index contributed by atoms with van der Waals surface area (Å²) < 4.78 is 0.948. The van der Waals surface area contributed by atoms with Crippen LogP contribution in [0.5, 0.6) is 0 Å². The lowest BCUT2D eigenvalue weighted by molar-refractivity contribution is 0.0772. The maximum atomic E-state index is 12.1. The van der Waals surface area contributed by atoms with Crippen LogP contribution in [0.15, 0.2) is 22.7 Å². The molecule has 0 saturated carbocycles. The Kier molecular flexibility index (Phi) is 4.33. The third-order valence-electron chi connectivity index (χ3n) is 2.48. The average molecular weight is 270 g/mol. The highest BCUT2D eigenvalue weighted by atomic mass is 79.9. The summed E-state index contributed by atoms with van der Waals surface area (Å²) in [6, 6.07) is 5.80. The number of aryl methyl sites for hydroxylation is 1. The molecular weight excluding hydrogens is 254 g/mol. The minimum atomic E-state index is 0.110. The number of benzene rings is 1. The second-order valence-electron chi connectivity index (χ2n) is 3.44. The highest BCUT2D eigenvalue weighted by molar-refractivity contribution is 9.10. The van der Waals surface area contributed by atoms with Crippen molar-refractivity contribution in [3.63, 3.8) is 0 Å². The van der Waals surface area contributed by atoms with Crippen molar-refractivity contribution >= 4 is 21.8 Å². The fourth-order valence-electron chi connectivity index (χ4n) is 1.51. The SMILES string of the molecule is CCN(CC)C(=O)c1cc(Br)ccc1C. The molecular formula is C12H16BrNO. The van der Waals surface area contributed by atoms with Gasteiger partial charge in [0.25, 0.3) is 5.91 Å². The third kappa shape index (κ3) is 2.81. The van der Waals surface area contributed by atoms with Gasteiger partial charge < -0.3 is 4.90 Å². The van der Waals surface area contributed by atoms with Crippen LogP contribution in [0.3, 0.4) is 0 Å². The molecule has 0 aromatic heterocycles. The van der Waals surface area contributed by atoms with Crippen LogP contribution < -0.4 is 0 Å². The first-order chi connectivity index (χ1) is 7.10. The molecule has 1 aromatic rings. The molecule has 0 heterocycles. The molecule has 0 unspecified atom stereocenters. The summed E-state index contributed by atoms with van der Waals surface area (Å²) >= 11 is 3.39. The molecule has 0 radical (unpaired) electrons. The predicted octanol–water partition coefficient (Wildman–Crippen LogP) is 3.24. The van der Waals surface area contributed by atoms with Gasteiger partial charge in [0.2, 0.25) is 0 Å². The minimum Gasteiger partial charge on any atom is -0.339 e. The lowest BCUT2D eigenvalue weighted by atomic mass is 10.1. The molecule has 3 heteroatoms. The summed E-state index contributed by atoms with van der Waals surface area (Å²) in [5.41, 5.74) is 1.81. The molecule has 0 N–H and O–H groups in total. The zero-order valence-corrected chi connectivity index (χ0v) is 11.0. The van der Waals surface area contributed by atoms with Gasteiger partial charge in [-0.2, -0.15) is 0 Å². The second kappa shape index (κ2) is 5.31. The van der Waals surface area contributed by atoms with Gasteiger partial charge in [-0.15, -0.1) is 0 Å². The number of hydrogen-bond acceptors (Lipinski definition) is 1. The Morgan fingerprint density at radius 2 is 1.93 bits per heavy atom. The van der Waals surface area contributed by atoms with Crippen molar-refractivity contribution in [3.8, 4) is 0 Å². The molecule has 82 valence electrons. The van der Waals surface area contributed by atoms with E-state index in [1.54, 1.807) is 0 Å². The molecule has 1 aromatic carbocycles. The van der Waals surface area contributed by atoms with E-state index in [-0.39, 0.29) is 5.91 Å². The molecule has 0 aliphatic heterocycles. The number of carbonyl (C=O) groups excluding carboxylic acids is 1. The van der Waals surface area contributed by atoms with E-state index in [1.165, 1.54) is 0 Å². The van der Waals surface area contributed by atoms with Crippen LogP contribution in [0.25, 0.3) is 0 Å². The van der Waals surface area contributed by atoms with Crippen molar-refractivity contribution in [2.75, 3.05) is 13.1 Å².